The standard InChI is InChI=1S/C29H36N10O4/c1-2-32-27(42)24-22(40)23(41)28(43-24)39-17-35-21-25(37-29(38-26(21)39)33-14-13-31-16-36-30)34-15-20(18-9-5-3-6-10-18)19-11-7-4-8-12-19/h3-12,16-17,20,22-24,28,40-41H,2,13-15,30H2,1H3,(H,31,36)(H,32,42)(H2,33,34,37,38)/t22-,23+,24-,28?/m0/s1/i1D. The van der Waals surface area contributed by atoms with E-state index in [0.29, 0.717) is 36.6 Å². The predicted molar refractivity (Wildman–Crippen MR) is 162 cm³/mol. The van der Waals surface area contributed by atoms with Crippen LogP contribution < -0.4 is 27.2 Å². The number of carbonyl (C=O) groups excluding carboxylic acids is 1. The minimum absolute atomic E-state index is 0.00265. The first-order valence-electron chi connectivity index (χ1n) is 14.6. The molecule has 1 amide bonds. The van der Waals surface area contributed by atoms with Crippen LogP contribution in [0.25, 0.3) is 11.2 Å². The highest BCUT2D eigenvalue weighted by atomic mass is 16.6. The molecule has 2 aromatic carbocycles. The highest BCUT2D eigenvalue weighted by Gasteiger charge is 2.47. The smallest absolute Gasteiger partial charge is 0.252 e. The number of nitrogens with two attached hydrogens (primary N) is 1. The van der Waals surface area contributed by atoms with E-state index in [0.717, 1.165) is 11.1 Å². The molecule has 0 radical (unpaired) electrons. The molecule has 4 atom stereocenters. The lowest BCUT2D eigenvalue weighted by molar-refractivity contribution is -0.137. The minimum Gasteiger partial charge on any atom is -0.387 e. The molecular weight excluding hydrogens is 552 g/mol. The molecule has 3 heterocycles. The number of hydrazine groups is 1. The Labute approximate surface area is 249 Å². The maximum atomic E-state index is 12.5. The highest BCUT2D eigenvalue weighted by molar-refractivity contribution is 5.85. The molecule has 14 heteroatoms. The van der Waals surface area contributed by atoms with Gasteiger partial charge in [0, 0.05) is 26.9 Å². The zero-order valence-electron chi connectivity index (χ0n) is 24.4. The number of aromatic nitrogens is 4. The molecule has 1 fully saturated rings. The molecular formula is C29H36N10O4. The van der Waals surface area contributed by atoms with Crippen LogP contribution in [0.5, 0.6) is 0 Å². The van der Waals surface area contributed by atoms with E-state index in [-0.39, 0.29) is 25.3 Å². The van der Waals surface area contributed by atoms with Crippen LogP contribution in [-0.2, 0) is 9.53 Å². The Morgan fingerprint density at radius 1 is 1.12 bits per heavy atom. The van der Waals surface area contributed by atoms with Gasteiger partial charge in [0.1, 0.15) is 12.2 Å². The van der Waals surface area contributed by atoms with Crippen LogP contribution in [-0.4, -0.2) is 86.5 Å². The van der Waals surface area contributed by atoms with Crippen molar-refractivity contribution < 1.29 is 21.1 Å². The summed E-state index contributed by atoms with van der Waals surface area (Å²) in [4.78, 5) is 30.5. The number of hydrogen-bond acceptors (Lipinski definition) is 11. The number of rotatable bonds is 13. The number of aliphatic hydroxyl groups excluding tert-OH is 2. The van der Waals surface area contributed by atoms with Crippen molar-refractivity contribution in [3.05, 3.63) is 78.1 Å². The van der Waals surface area contributed by atoms with Gasteiger partial charge in [0.15, 0.2) is 29.3 Å². The predicted octanol–water partition coefficient (Wildman–Crippen LogP) is 0.729. The average molecular weight is 590 g/mol. The molecule has 1 aliphatic heterocycles. The number of aliphatic hydroxyl groups is 2. The van der Waals surface area contributed by atoms with Gasteiger partial charge in [-0.25, -0.2) is 10.8 Å². The maximum absolute atomic E-state index is 12.5. The number of anilines is 2. The van der Waals surface area contributed by atoms with Gasteiger partial charge in [-0.3, -0.25) is 14.4 Å². The molecule has 0 spiro atoms. The first kappa shape index (κ1) is 28.5. The number of ether oxygens (including phenoxy) is 1. The minimum atomic E-state index is -1.49. The van der Waals surface area contributed by atoms with E-state index in [4.69, 9.17) is 16.9 Å². The summed E-state index contributed by atoms with van der Waals surface area (Å²) in [5.74, 6) is 5.33. The largest absolute Gasteiger partial charge is 0.387 e. The van der Waals surface area contributed by atoms with Crippen molar-refractivity contribution in [1.29, 1.82) is 0 Å². The third-order valence-corrected chi connectivity index (χ3v) is 7.06. The summed E-state index contributed by atoms with van der Waals surface area (Å²) in [7, 11) is 0. The number of benzene rings is 2. The number of aliphatic imine (C=N–C) groups is 1. The molecule has 8 N–H and O–H groups in total. The highest BCUT2D eigenvalue weighted by Crippen LogP contribution is 2.33. The Morgan fingerprint density at radius 2 is 1.84 bits per heavy atom. The first-order valence-corrected chi connectivity index (χ1v) is 13.9. The fourth-order valence-corrected chi connectivity index (χ4v) is 4.98. The van der Waals surface area contributed by atoms with E-state index in [1.54, 1.807) is 0 Å². The lowest BCUT2D eigenvalue weighted by atomic mass is 9.91. The Balaban J connectivity index is 1.46. The van der Waals surface area contributed by atoms with Crippen molar-refractivity contribution in [2.24, 2.45) is 10.8 Å². The van der Waals surface area contributed by atoms with Gasteiger partial charge in [0.2, 0.25) is 5.95 Å². The fourth-order valence-electron chi connectivity index (χ4n) is 4.98. The van der Waals surface area contributed by atoms with Crippen LogP contribution in [0.2, 0.25) is 0 Å². The van der Waals surface area contributed by atoms with Crippen molar-refractivity contribution in [3.63, 3.8) is 0 Å². The summed E-state index contributed by atoms with van der Waals surface area (Å²) in [6, 6.07) is 20.3. The summed E-state index contributed by atoms with van der Waals surface area (Å²) in [5.41, 5.74) is 5.32. The van der Waals surface area contributed by atoms with Gasteiger partial charge in [0.25, 0.3) is 5.91 Å². The van der Waals surface area contributed by atoms with Gasteiger partial charge in [-0.1, -0.05) is 60.7 Å². The third-order valence-electron chi connectivity index (χ3n) is 7.06. The molecule has 5 rings (SSSR count). The normalized spacial score (nSPS) is 20.4. The van der Waals surface area contributed by atoms with Crippen molar-refractivity contribution in [2.75, 3.05) is 36.8 Å². The van der Waals surface area contributed by atoms with Crippen molar-refractivity contribution in [2.45, 2.75) is 37.4 Å². The van der Waals surface area contributed by atoms with E-state index in [1.807, 2.05) is 36.4 Å². The van der Waals surface area contributed by atoms with E-state index in [2.05, 4.69) is 60.6 Å². The molecule has 1 aliphatic rings. The van der Waals surface area contributed by atoms with Crippen molar-refractivity contribution in [1.82, 2.24) is 30.3 Å². The molecule has 14 nitrogen and oxygen atoms in total. The SMILES string of the molecule is [2H]CCNC(=O)[C@H]1OC(n2cnc3c(NCC(c4ccccc4)c4ccccc4)nc(NCCN=CNN)nc32)[C@H](O)[C@@H]1O. The molecule has 226 valence electrons. The average Bonchev–Trinajstić information content (AvgIpc) is 3.61. The Kier molecular flexibility index (Phi) is 9.29. The second kappa shape index (κ2) is 14.0. The third kappa shape index (κ3) is 6.73. The summed E-state index contributed by atoms with van der Waals surface area (Å²) in [6.07, 6.45) is -2.61. The van der Waals surface area contributed by atoms with Crippen molar-refractivity contribution >= 4 is 35.2 Å². The summed E-state index contributed by atoms with van der Waals surface area (Å²) < 4.78 is 14.6. The number of likely N-dealkylation sites (N-methyl/N-ethyl adjacent to an activating group) is 1. The van der Waals surface area contributed by atoms with Crippen molar-refractivity contribution in [3.8, 4) is 0 Å². The molecule has 0 saturated carbocycles. The maximum Gasteiger partial charge on any atom is 0.252 e. The van der Waals surface area contributed by atoms with Gasteiger partial charge >= 0.3 is 0 Å². The number of nitrogens with one attached hydrogen (secondary N) is 4. The molecule has 0 bridgehead atoms. The quantitative estimate of drug-likeness (QED) is 0.0382. The molecule has 43 heavy (non-hydrogen) atoms. The monoisotopic (exact) mass is 589 g/mol. The van der Waals surface area contributed by atoms with Crippen LogP contribution in [0.4, 0.5) is 11.8 Å². The number of fused-ring (bicyclic) bond motifs is 1. The second-order valence-electron chi connectivity index (χ2n) is 9.82. The second-order valence-corrected chi connectivity index (χ2v) is 9.82. The number of amides is 1. The molecule has 2 aromatic heterocycles. The number of nitrogens with zero attached hydrogens (tertiary/aromatic N) is 5. The molecule has 0 aliphatic carbocycles. The van der Waals surface area contributed by atoms with Crippen LogP contribution in [0.1, 0.15) is 31.5 Å². The van der Waals surface area contributed by atoms with Gasteiger partial charge in [-0.2, -0.15) is 9.97 Å². The van der Waals surface area contributed by atoms with Crippen LogP contribution >= 0.6 is 0 Å². The van der Waals surface area contributed by atoms with Gasteiger partial charge in [-0.15, -0.1) is 0 Å². The lowest BCUT2D eigenvalue weighted by Gasteiger charge is -2.20. The zero-order valence-corrected chi connectivity index (χ0v) is 23.4. The molecule has 4 aromatic rings. The van der Waals surface area contributed by atoms with E-state index >= 15 is 0 Å². The molecule has 1 saturated heterocycles. The Morgan fingerprint density at radius 3 is 2.51 bits per heavy atom. The first-order chi connectivity index (χ1) is 21.5. The van der Waals surface area contributed by atoms with Gasteiger partial charge in [-0.05, 0) is 18.0 Å². The van der Waals surface area contributed by atoms with E-state index in [1.165, 1.54) is 17.2 Å². The molecule has 1 unspecified atom stereocenters. The topological polar surface area (TPSA) is 197 Å². The number of carbonyl (C=O) groups is 1. The van der Waals surface area contributed by atoms with Gasteiger partial charge in [0.05, 0.1) is 19.2 Å². The summed E-state index contributed by atoms with van der Waals surface area (Å²) in [5, 5.41) is 30.6. The lowest BCUT2D eigenvalue weighted by Crippen LogP contribution is -2.42. The number of imidazole rings is 1. The van der Waals surface area contributed by atoms with Crippen LogP contribution in [0.15, 0.2) is 72.0 Å². The Hall–Kier alpha value is -4.63. The summed E-state index contributed by atoms with van der Waals surface area (Å²) >= 11 is 0. The van der Waals surface area contributed by atoms with Crippen LogP contribution in [0.3, 0.4) is 0 Å². The van der Waals surface area contributed by atoms with E-state index in [9.17, 15) is 15.0 Å². The summed E-state index contributed by atoms with van der Waals surface area (Å²) in [6.45, 7) is 1.34. The Bertz CT molecular complexity index is 1500. The number of hydrogen-bond donors (Lipinski definition) is 7. The van der Waals surface area contributed by atoms with E-state index < -0.39 is 30.4 Å². The van der Waals surface area contributed by atoms with Gasteiger partial charge < -0.3 is 36.3 Å². The fraction of sp³-hybridized carbons (Fsp3) is 0.345. The van der Waals surface area contributed by atoms with Crippen LogP contribution in [0, 0.1) is 0 Å². The zero-order chi connectivity index (χ0) is 30.9.